The van der Waals surface area contributed by atoms with Crippen LogP contribution in [0.25, 0.3) is 52.9 Å². The number of hydrogen-bond acceptors (Lipinski definition) is 3. The monoisotopic (exact) mass is 491 g/mol. The third kappa shape index (κ3) is 3.05. The Balaban J connectivity index is 1.49. The number of benzene rings is 6. The minimum atomic E-state index is 0.897. The van der Waals surface area contributed by atoms with Crippen molar-refractivity contribution in [3.05, 3.63) is 127 Å². The Hall–Kier alpha value is -4.60. The van der Waals surface area contributed by atoms with Crippen LogP contribution in [0.1, 0.15) is 0 Å². The molecule has 0 bridgehead atoms. The van der Waals surface area contributed by atoms with Gasteiger partial charge < -0.3 is 9.32 Å². The largest absolute Gasteiger partial charge is 0.455 e. The molecule has 0 saturated heterocycles. The van der Waals surface area contributed by atoms with E-state index in [2.05, 4.69) is 132 Å². The number of hydrogen-bond donors (Lipinski definition) is 0. The zero-order valence-corrected chi connectivity index (χ0v) is 20.7. The Bertz CT molecular complexity index is 2100. The Morgan fingerprint density at radius 2 is 1.24 bits per heavy atom. The highest BCUT2D eigenvalue weighted by Crippen LogP contribution is 2.48. The van der Waals surface area contributed by atoms with E-state index in [-0.39, 0.29) is 0 Å². The normalized spacial score (nSPS) is 11.8. The van der Waals surface area contributed by atoms with E-state index in [0.717, 1.165) is 38.7 Å². The molecule has 37 heavy (non-hydrogen) atoms. The van der Waals surface area contributed by atoms with Crippen LogP contribution in [0.15, 0.2) is 132 Å². The number of thiophene rings is 1. The van der Waals surface area contributed by atoms with Crippen molar-refractivity contribution >= 4 is 81.3 Å². The SMILES string of the molecule is c1ccc(N(c2cccc3c2sc2ccccc23)c2cccc3oc4c5ccccc5ccc4c23)cc1. The summed E-state index contributed by atoms with van der Waals surface area (Å²) in [6, 6.07) is 45.2. The molecule has 2 aromatic heterocycles. The van der Waals surface area contributed by atoms with E-state index in [9.17, 15) is 0 Å². The van der Waals surface area contributed by atoms with E-state index in [1.165, 1.54) is 31.2 Å². The maximum Gasteiger partial charge on any atom is 0.143 e. The van der Waals surface area contributed by atoms with E-state index in [0.29, 0.717) is 0 Å². The lowest BCUT2D eigenvalue weighted by atomic mass is 10.0. The first-order valence-electron chi connectivity index (χ1n) is 12.5. The third-order valence-electron chi connectivity index (χ3n) is 7.24. The molecule has 2 nitrogen and oxygen atoms in total. The van der Waals surface area contributed by atoms with E-state index >= 15 is 0 Å². The van der Waals surface area contributed by atoms with Gasteiger partial charge in [0.15, 0.2) is 0 Å². The summed E-state index contributed by atoms with van der Waals surface area (Å²) in [7, 11) is 0. The van der Waals surface area contributed by atoms with Gasteiger partial charge in [-0.25, -0.2) is 0 Å². The molecule has 0 unspecified atom stereocenters. The second-order valence-corrected chi connectivity index (χ2v) is 10.4. The van der Waals surface area contributed by atoms with Crippen molar-refractivity contribution in [3.63, 3.8) is 0 Å². The van der Waals surface area contributed by atoms with Crippen LogP contribution in [-0.4, -0.2) is 0 Å². The van der Waals surface area contributed by atoms with Gasteiger partial charge in [0.2, 0.25) is 0 Å². The van der Waals surface area contributed by atoms with Gasteiger partial charge in [-0.1, -0.05) is 84.9 Å². The molecule has 8 aromatic rings. The summed E-state index contributed by atoms with van der Waals surface area (Å²) >= 11 is 1.85. The molecule has 0 amide bonds. The molecule has 0 spiro atoms. The summed E-state index contributed by atoms with van der Waals surface area (Å²) in [4.78, 5) is 2.39. The number of furan rings is 1. The van der Waals surface area contributed by atoms with Crippen LogP contribution in [-0.2, 0) is 0 Å². The average molecular weight is 492 g/mol. The van der Waals surface area contributed by atoms with Crippen LogP contribution >= 0.6 is 11.3 Å². The van der Waals surface area contributed by atoms with Gasteiger partial charge in [0.05, 0.1) is 21.5 Å². The molecule has 0 aliphatic carbocycles. The number of rotatable bonds is 3. The topological polar surface area (TPSA) is 16.4 Å². The van der Waals surface area contributed by atoms with Crippen molar-refractivity contribution in [1.82, 2.24) is 0 Å². The summed E-state index contributed by atoms with van der Waals surface area (Å²) in [6.07, 6.45) is 0. The average Bonchev–Trinajstić information content (AvgIpc) is 3.54. The predicted molar refractivity (Wildman–Crippen MR) is 159 cm³/mol. The zero-order valence-electron chi connectivity index (χ0n) is 19.9. The molecule has 0 fully saturated rings. The molecular weight excluding hydrogens is 470 g/mol. The summed E-state index contributed by atoms with van der Waals surface area (Å²) in [5, 5.41) is 7.18. The number of nitrogens with zero attached hydrogens (tertiary/aromatic N) is 1. The molecule has 2 heterocycles. The summed E-state index contributed by atoms with van der Waals surface area (Å²) in [5.74, 6) is 0. The van der Waals surface area contributed by atoms with Crippen LogP contribution in [0.2, 0.25) is 0 Å². The lowest BCUT2D eigenvalue weighted by Gasteiger charge is -2.26. The van der Waals surface area contributed by atoms with Crippen molar-refractivity contribution in [2.75, 3.05) is 4.90 Å². The smallest absolute Gasteiger partial charge is 0.143 e. The van der Waals surface area contributed by atoms with E-state index in [1.54, 1.807) is 0 Å². The molecule has 0 atom stereocenters. The molecular formula is C34H21NOS. The Morgan fingerprint density at radius 3 is 2.16 bits per heavy atom. The van der Waals surface area contributed by atoms with Crippen LogP contribution < -0.4 is 4.90 Å². The molecule has 0 radical (unpaired) electrons. The van der Waals surface area contributed by atoms with Crippen LogP contribution in [0.3, 0.4) is 0 Å². The Kier molecular flexibility index (Phi) is 4.42. The number of anilines is 3. The van der Waals surface area contributed by atoms with Crippen molar-refractivity contribution in [3.8, 4) is 0 Å². The van der Waals surface area contributed by atoms with E-state index in [4.69, 9.17) is 4.42 Å². The highest BCUT2D eigenvalue weighted by molar-refractivity contribution is 7.26. The van der Waals surface area contributed by atoms with Gasteiger partial charge in [0.25, 0.3) is 0 Å². The molecule has 0 saturated carbocycles. The fourth-order valence-corrected chi connectivity index (χ4v) is 6.82. The molecule has 0 aliphatic rings. The highest BCUT2D eigenvalue weighted by Gasteiger charge is 2.22. The predicted octanol–water partition coefficient (Wildman–Crippen LogP) is 10.6. The van der Waals surface area contributed by atoms with Gasteiger partial charge >= 0.3 is 0 Å². The molecule has 8 rings (SSSR count). The molecule has 3 heteroatoms. The summed E-state index contributed by atoms with van der Waals surface area (Å²) in [6.45, 7) is 0. The first kappa shape index (κ1) is 20.6. The minimum absolute atomic E-state index is 0.897. The van der Waals surface area contributed by atoms with Crippen molar-refractivity contribution in [2.24, 2.45) is 0 Å². The quantitative estimate of drug-likeness (QED) is 0.244. The van der Waals surface area contributed by atoms with Gasteiger partial charge in [0.1, 0.15) is 11.2 Å². The van der Waals surface area contributed by atoms with Gasteiger partial charge in [-0.2, -0.15) is 0 Å². The zero-order chi connectivity index (χ0) is 24.3. The Labute approximate surface area is 217 Å². The molecule has 0 N–H and O–H groups in total. The lowest BCUT2D eigenvalue weighted by Crippen LogP contribution is -2.10. The second-order valence-electron chi connectivity index (χ2n) is 9.34. The maximum atomic E-state index is 6.54. The van der Waals surface area contributed by atoms with E-state index in [1.807, 2.05) is 11.3 Å². The molecule has 0 aliphatic heterocycles. The van der Waals surface area contributed by atoms with Gasteiger partial charge in [-0.15, -0.1) is 11.3 Å². The van der Waals surface area contributed by atoms with Crippen molar-refractivity contribution < 1.29 is 4.42 Å². The third-order valence-corrected chi connectivity index (χ3v) is 8.45. The van der Waals surface area contributed by atoms with Gasteiger partial charge in [0, 0.05) is 31.9 Å². The second kappa shape index (κ2) is 7.95. The van der Waals surface area contributed by atoms with Crippen LogP contribution in [0.4, 0.5) is 17.1 Å². The summed E-state index contributed by atoms with van der Waals surface area (Å²) in [5.41, 5.74) is 5.24. The van der Waals surface area contributed by atoms with Crippen LogP contribution in [0.5, 0.6) is 0 Å². The van der Waals surface area contributed by atoms with Gasteiger partial charge in [-0.05, 0) is 47.9 Å². The lowest BCUT2D eigenvalue weighted by molar-refractivity contribution is 0.672. The minimum Gasteiger partial charge on any atom is -0.455 e. The van der Waals surface area contributed by atoms with Crippen molar-refractivity contribution in [1.29, 1.82) is 0 Å². The highest BCUT2D eigenvalue weighted by atomic mass is 32.1. The first-order valence-corrected chi connectivity index (χ1v) is 13.3. The summed E-state index contributed by atoms with van der Waals surface area (Å²) < 4.78 is 9.12. The molecule has 174 valence electrons. The fraction of sp³-hybridized carbons (Fsp3) is 0. The number of fused-ring (bicyclic) bond motifs is 8. The molecule has 6 aromatic carbocycles. The standard InChI is InChI=1S/C34H21NOS/c1-2-11-23(12-3-1)35(29-17-8-15-26-25-14-6-7-19-31(25)37-34(26)29)28-16-9-18-30-32(28)27-21-20-22-10-4-5-13-24(22)33(27)36-30/h1-21H. The van der Waals surface area contributed by atoms with E-state index < -0.39 is 0 Å². The Morgan fingerprint density at radius 1 is 0.514 bits per heavy atom. The van der Waals surface area contributed by atoms with Gasteiger partial charge in [-0.3, -0.25) is 0 Å². The van der Waals surface area contributed by atoms with Crippen molar-refractivity contribution in [2.45, 2.75) is 0 Å². The van der Waals surface area contributed by atoms with Crippen LogP contribution in [0, 0.1) is 0 Å². The first-order chi connectivity index (χ1) is 18.4. The number of para-hydroxylation sites is 1. The maximum absolute atomic E-state index is 6.54. The fourth-order valence-electron chi connectivity index (χ4n) is 5.61.